The third-order valence-electron chi connectivity index (χ3n) is 3.99. The molecule has 1 aliphatic heterocycles. The van der Waals surface area contributed by atoms with E-state index in [4.69, 9.17) is 23.2 Å². The molecular formula is C17H20Cl2FN5O. The molecule has 0 saturated carbocycles. The molecule has 0 radical (unpaired) electrons. The van der Waals surface area contributed by atoms with Crippen molar-refractivity contribution in [3.63, 3.8) is 0 Å². The Labute approximate surface area is 161 Å². The first kappa shape index (κ1) is 19.0. The SMILES string of the molecule is CN(CC1=CN(CCCF)NN1)Cc1ccc2c(Cl)cc(Cl)c(O)c2n1. The number of aromatic hydroxyl groups is 1. The Bertz CT molecular complexity index is 832. The van der Waals surface area contributed by atoms with E-state index < -0.39 is 0 Å². The van der Waals surface area contributed by atoms with Gasteiger partial charge in [-0.1, -0.05) is 23.2 Å². The summed E-state index contributed by atoms with van der Waals surface area (Å²) in [6, 6.07) is 5.21. The van der Waals surface area contributed by atoms with Crippen molar-refractivity contribution in [2.24, 2.45) is 0 Å². The van der Waals surface area contributed by atoms with E-state index in [1.54, 1.807) is 0 Å². The molecule has 6 nitrogen and oxygen atoms in total. The fourth-order valence-corrected chi connectivity index (χ4v) is 3.30. The lowest BCUT2D eigenvalue weighted by Gasteiger charge is -2.17. The molecule has 2 heterocycles. The van der Waals surface area contributed by atoms with E-state index in [-0.39, 0.29) is 17.4 Å². The summed E-state index contributed by atoms with van der Waals surface area (Å²) in [4.78, 5) is 6.56. The minimum Gasteiger partial charge on any atom is -0.504 e. The number of nitrogens with zero attached hydrogens (tertiary/aromatic N) is 3. The first-order valence-corrected chi connectivity index (χ1v) is 8.93. The van der Waals surface area contributed by atoms with Crippen molar-refractivity contribution in [1.82, 2.24) is 25.9 Å². The third kappa shape index (κ3) is 4.29. The van der Waals surface area contributed by atoms with E-state index >= 15 is 0 Å². The molecule has 0 aliphatic carbocycles. The number of fused-ring (bicyclic) bond motifs is 1. The number of rotatable bonds is 7. The minimum absolute atomic E-state index is 0.0663. The fraction of sp³-hybridized carbons (Fsp3) is 0.353. The highest BCUT2D eigenvalue weighted by Crippen LogP contribution is 2.36. The summed E-state index contributed by atoms with van der Waals surface area (Å²) >= 11 is 12.1. The lowest BCUT2D eigenvalue weighted by atomic mass is 10.2. The summed E-state index contributed by atoms with van der Waals surface area (Å²) in [6.45, 7) is 1.49. The number of benzene rings is 1. The zero-order valence-corrected chi connectivity index (χ0v) is 15.8. The normalized spacial score (nSPS) is 14.2. The van der Waals surface area contributed by atoms with Crippen LogP contribution in [0.1, 0.15) is 12.1 Å². The van der Waals surface area contributed by atoms with Gasteiger partial charge >= 0.3 is 0 Å². The van der Waals surface area contributed by atoms with Crippen LogP contribution in [0.3, 0.4) is 0 Å². The summed E-state index contributed by atoms with van der Waals surface area (Å²) in [6.07, 6.45) is 2.40. The molecule has 1 aromatic carbocycles. The molecule has 0 atom stereocenters. The van der Waals surface area contributed by atoms with E-state index in [0.717, 1.165) is 11.4 Å². The number of aromatic nitrogens is 1. The van der Waals surface area contributed by atoms with Gasteiger partial charge < -0.3 is 10.5 Å². The number of pyridine rings is 1. The van der Waals surface area contributed by atoms with Gasteiger partial charge in [0.25, 0.3) is 0 Å². The molecule has 0 unspecified atom stereocenters. The summed E-state index contributed by atoms with van der Waals surface area (Å²) in [5.74, 6) is -0.0663. The highest BCUT2D eigenvalue weighted by Gasteiger charge is 2.15. The highest BCUT2D eigenvalue weighted by molar-refractivity contribution is 6.39. The van der Waals surface area contributed by atoms with Crippen molar-refractivity contribution in [2.45, 2.75) is 13.0 Å². The summed E-state index contributed by atoms with van der Waals surface area (Å²) < 4.78 is 12.2. The maximum absolute atomic E-state index is 12.2. The zero-order valence-electron chi connectivity index (χ0n) is 14.3. The van der Waals surface area contributed by atoms with Crippen LogP contribution in [0.5, 0.6) is 5.75 Å². The number of nitrogens with one attached hydrogen (secondary N) is 2. The van der Waals surface area contributed by atoms with Crippen LogP contribution in [0.2, 0.25) is 10.0 Å². The molecule has 0 saturated heterocycles. The van der Waals surface area contributed by atoms with Gasteiger partial charge in [0.2, 0.25) is 0 Å². The van der Waals surface area contributed by atoms with Crippen molar-refractivity contribution in [2.75, 3.05) is 26.8 Å². The lowest BCUT2D eigenvalue weighted by molar-refractivity contribution is 0.254. The van der Waals surface area contributed by atoms with Crippen LogP contribution in [0, 0.1) is 0 Å². The van der Waals surface area contributed by atoms with Crippen molar-refractivity contribution in [1.29, 1.82) is 0 Å². The first-order valence-electron chi connectivity index (χ1n) is 8.18. The van der Waals surface area contributed by atoms with E-state index in [0.29, 0.717) is 42.0 Å². The molecule has 3 rings (SSSR count). The van der Waals surface area contributed by atoms with Crippen LogP contribution in [0.15, 0.2) is 30.1 Å². The van der Waals surface area contributed by atoms with Crippen LogP contribution < -0.4 is 11.0 Å². The monoisotopic (exact) mass is 399 g/mol. The van der Waals surface area contributed by atoms with Gasteiger partial charge in [0.05, 0.1) is 28.1 Å². The minimum atomic E-state index is -0.338. The quantitative estimate of drug-likeness (QED) is 0.664. The second-order valence-corrected chi connectivity index (χ2v) is 7.00. The number of phenols is 1. The molecule has 2 aromatic rings. The molecule has 0 bridgehead atoms. The van der Waals surface area contributed by atoms with Gasteiger partial charge in [-0.05, 0) is 31.7 Å². The van der Waals surface area contributed by atoms with Crippen LogP contribution in [0.4, 0.5) is 4.39 Å². The Kier molecular flexibility index (Phi) is 6.03. The summed E-state index contributed by atoms with van der Waals surface area (Å²) in [7, 11) is 1.96. The van der Waals surface area contributed by atoms with Crippen molar-refractivity contribution >= 4 is 34.1 Å². The van der Waals surface area contributed by atoms with Gasteiger partial charge in [0.15, 0.2) is 5.75 Å². The first-order chi connectivity index (χ1) is 12.5. The van der Waals surface area contributed by atoms with E-state index in [2.05, 4.69) is 20.8 Å². The number of halogens is 3. The third-order valence-corrected chi connectivity index (χ3v) is 4.59. The summed E-state index contributed by atoms with van der Waals surface area (Å²) in [5.41, 5.74) is 8.19. The number of likely N-dealkylation sites (N-methyl/N-ethyl adjacent to an activating group) is 1. The number of hydrazine groups is 2. The largest absolute Gasteiger partial charge is 0.504 e. The van der Waals surface area contributed by atoms with Crippen molar-refractivity contribution < 1.29 is 9.50 Å². The molecule has 0 fully saturated rings. The molecular weight excluding hydrogens is 380 g/mol. The van der Waals surface area contributed by atoms with E-state index in [9.17, 15) is 9.50 Å². The predicted octanol–water partition coefficient (Wildman–Crippen LogP) is 3.20. The van der Waals surface area contributed by atoms with Gasteiger partial charge in [-0.3, -0.25) is 14.3 Å². The molecule has 0 amide bonds. The summed E-state index contributed by atoms with van der Waals surface area (Å²) in [5, 5.41) is 13.3. The Morgan fingerprint density at radius 2 is 2.08 bits per heavy atom. The Morgan fingerprint density at radius 1 is 1.27 bits per heavy atom. The standard InChI is InChI=1S/C17H20Cl2FN5O/c1-24(9-12-10-25(23-22-12)6-2-5-20)8-11-3-4-13-14(18)7-15(19)17(26)16(13)21-11/h3-4,7,10,22-23,26H,2,5-6,8-9H2,1H3. The van der Waals surface area contributed by atoms with Gasteiger partial charge in [-0.2, -0.15) is 0 Å². The fourth-order valence-electron chi connectivity index (χ4n) is 2.78. The molecule has 26 heavy (non-hydrogen) atoms. The van der Waals surface area contributed by atoms with E-state index in [1.165, 1.54) is 6.07 Å². The number of hydrogen-bond donors (Lipinski definition) is 3. The average Bonchev–Trinajstić information content (AvgIpc) is 3.05. The number of alkyl halides is 1. The van der Waals surface area contributed by atoms with E-state index in [1.807, 2.05) is 30.4 Å². The van der Waals surface area contributed by atoms with Crippen molar-refractivity contribution in [3.05, 3.63) is 45.8 Å². The molecule has 1 aromatic heterocycles. The Balaban J connectivity index is 1.68. The topological polar surface area (TPSA) is 63.7 Å². The van der Waals surface area contributed by atoms with Gasteiger partial charge in [0.1, 0.15) is 5.52 Å². The van der Waals surface area contributed by atoms with Crippen LogP contribution in [-0.2, 0) is 6.54 Å². The second-order valence-electron chi connectivity index (χ2n) is 6.19. The van der Waals surface area contributed by atoms with Crippen LogP contribution in [-0.4, -0.2) is 46.8 Å². The molecule has 1 aliphatic rings. The zero-order chi connectivity index (χ0) is 18.7. The maximum atomic E-state index is 12.2. The molecule has 9 heteroatoms. The smallest absolute Gasteiger partial charge is 0.160 e. The van der Waals surface area contributed by atoms with Gasteiger partial charge in [-0.25, -0.2) is 4.98 Å². The van der Waals surface area contributed by atoms with Gasteiger partial charge in [0, 0.05) is 31.2 Å². The Hall–Kier alpha value is -1.80. The van der Waals surface area contributed by atoms with Crippen LogP contribution in [0.25, 0.3) is 10.9 Å². The number of phenolic OH excluding ortho intramolecular Hbond substituents is 1. The molecule has 3 N–H and O–H groups in total. The second kappa shape index (κ2) is 8.26. The average molecular weight is 400 g/mol. The van der Waals surface area contributed by atoms with Gasteiger partial charge in [-0.15, -0.1) is 5.53 Å². The highest BCUT2D eigenvalue weighted by atomic mass is 35.5. The Morgan fingerprint density at radius 3 is 2.85 bits per heavy atom. The maximum Gasteiger partial charge on any atom is 0.160 e. The molecule has 0 spiro atoms. The van der Waals surface area contributed by atoms with Crippen LogP contribution >= 0.6 is 23.2 Å². The lowest BCUT2D eigenvalue weighted by Crippen LogP contribution is -2.38. The molecule has 140 valence electrons. The predicted molar refractivity (Wildman–Crippen MR) is 101 cm³/mol. The number of hydrogen-bond acceptors (Lipinski definition) is 6. The van der Waals surface area contributed by atoms with Crippen molar-refractivity contribution in [3.8, 4) is 5.75 Å².